The van der Waals surface area contributed by atoms with Crippen molar-refractivity contribution >= 4 is 48.2 Å². The molecule has 1 saturated heterocycles. The molecule has 0 atom stereocenters. The quantitative estimate of drug-likeness (QED) is 0.327. The molecule has 2 aromatic rings. The van der Waals surface area contributed by atoms with E-state index in [0.29, 0.717) is 38.9 Å². The van der Waals surface area contributed by atoms with Crippen molar-refractivity contribution in [2.24, 2.45) is 0 Å². The number of likely N-dealkylation sites (tertiary alicyclic amines) is 1. The van der Waals surface area contributed by atoms with Crippen molar-refractivity contribution < 1.29 is 18.4 Å². The maximum atomic E-state index is 13.1. The van der Waals surface area contributed by atoms with Gasteiger partial charge in [0.15, 0.2) is 5.78 Å². The standard InChI is InChI=1S/C22H28NO4PS2/c1-3-26-28(25,27-4-2)11-7-10-23-16-18(14-20-8-5-12-29-20)22(24)19(17-23)15-21-9-6-13-30-21/h5-6,8-9,12-15H,3-4,7,10-11,16-17H2,1-2H3/b18-14+,19-15+. The zero-order valence-electron chi connectivity index (χ0n) is 17.4. The first-order valence-electron chi connectivity index (χ1n) is 10.2. The Hall–Kier alpha value is -1.34. The zero-order chi connectivity index (χ0) is 21.4. The lowest BCUT2D eigenvalue weighted by Crippen LogP contribution is -2.38. The third-order valence-electron chi connectivity index (χ3n) is 4.65. The summed E-state index contributed by atoms with van der Waals surface area (Å²) in [6.45, 7) is 6.30. The number of Topliss-reactive ketones (excluding diaryl/α,β-unsaturated/α-hetero) is 1. The van der Waals surface area contributed by atoms with Crippen LogP contribution in [0.3, 0.4) is 0 Å². The fourth-order valence-corrected chi connectivity index (χ4v) is 6.42. The molecule has 0 aromatic carbocycles. The fourth-order valence-electron chi connectivity index (χ4n) is 3.41. The summed E-state index contributed by atoms with van der Waals surface area (Å²) in [4.78, 5) is 17.5. The van der Waals surface area contributed by atoms with Crippen LogP contribution in [0.1, 0.15) is 30.0 Å². The van der Waals surface area contributed by atoms with Gasteiger partial charge in [0.1, 0.15) is 0 Å². The SMILES string of the molecule is CCOP(=O)(CCCN1C/C(=C\c2cccs2)C(=O)/C(=C/c2cccs2)C1)OCC. The van der Waals surface area contributed by atoms with Gasteiger partial charge < -0.3 is 9.05 Å². The summed E-state index contributed by atoms with van der Waals surface area (Å²) in [7, 11) is -3.04. The van der Waals surface area contributed by atoms with Crippen molar-refractivity contribution in [1.82, 2.24) is 4.90 Å². The van der Waals surface area contributed by atoms with E-state index < -0.39 is 7.60 Å². The smallest absolute Gasteiger partial charge is 0.309 e. The molecular weight excluding hydrogens is 437 g/mol. The second kappa shape index (κ2) is 11.3. The predicted octanol–water partition coefficient (Wildman–Crippen LogP) is 5.82. The van der Waals surface area contributed by atoms with E-state index in [1.54, 1.807) is 22.7 Å². The summed E-state index contributed by atoms with van der Waals surface area (Å²) < 4.78 is 23.5. The van der Waals surface area contributed by atoms with Gasteiger partial charge in [-0.25, -0.2) is 0 Å². The Labute approximate surface area is 186 Å². The molecule has 0 amide bonds. The molecule has 1 aliphatic rings. The van der Waals surface area contributed by atoms with E-state index in [4.69, 9.17) is 9.05 Å². The van der Waals surface area contributed by atoms with E-state index in [-0.39, 0.29) is 5.78 Å². The Kier molecular flexibility index (Phi) is 8.81. The average Bonchev–Trinajstić information content (AvgIpc) is 3.40. The van der Waals surface area contributed by atoms with Gasteiger partial charge >= 0.3 is 7.60 Å². The molecule has 5 nitrogen and oxygen atoms in total. The monoisotopic (exact) mass is 465 g/mol. The molecular formula is C22H28NO4PS2. The van der Waals surface area contributed by atoms with Crippen LogP contribution >= 0.6 is 30.3 Å². The van der Waals surface area contributed by atoms with Gasteiger partial charge in [-0.2, -0.15) is 0 Å². The van der Waals surface area contributed by atoms with Crippen LogP contribution in [0.15, 0.2) is 46.2 Å². The second-order valence-corrected chi connectivity index (χ2v) is 11.1. The Balaban J connectivity index is 1.73. The molecule has 1 aliphatic heterocycles. The Morgan fingerprint density at radius 2 is 1.53 bits per heavy atom. The second-order valence-electron chi connectivity index (χ2n) is 6.93. The largest absolute Gasteiger partial charge is 0.330 e. The van der Waals surface area contributed by atoms with Gasteiger partial charge in [-0.3, -0.25) is 14.3 Å². The van der Waals surface area contributed by atoms with Crippen LogP contribution in [-0.2, 0) is 18.4 Å². The first kappa shape index (κ1) is 23.3. The number of thiophene rings is 2. The molecule has 3 rings (SSSR count). The molecule has 162 valence electrons. The molecule has 0 aliphatic carbocycles. The molecule has 1 fully saturated rings. The summed E-state index contributed by atoms with van der Waals surface area (Å²) in [6, 6.07) is 8.02. The minimum atomic E-state index is -3.04. The number of piperidine rings is 1. The third kappa shape index (κ3) is 6.58. The number of hydrogen-bond donors (Lipinski definition) is 0. The van der Waals surface area contributed by atoms with E-state index in [2.05, 4.69) is 4.90 Å². The molecule has 0 radical (unpaired) electrons. The number of carbonyl (C=O) groups is 1. The van der Waals surface area contributed by atoms with E-state index in [1.165, 1.54) is 0 Å². The lowest BCUT2D eigenvalue weighted by molar-refractivity contribution is -0.113. The third-order valence-corrected chi connectivity index (χ3v) is 8.45. The minimum Gasteiger partial charge on any atom is -0.309 e. The molecule has 3 heterocycles. The molecule has 0 N–H and O–H groups in total. The number of nitrogens with zero attached hydrogens (tertiary/aromatic N) is 1. The maximum Gasteiger partial charge on any atom is 0.330 e. The van der Waals surface area contributed by atoms with Gasteiger partial charge in [-0.1, -0.05) is 12.1 Å². The van der Waals surface area contributed by atoms with Crippen LogP contribution in [-0.4, -0.2) is 49.7 Å². The number of rotatable bonds is 10. The lowest BCUT2D eigenvalue weighted by Gasteiger charge is -2.30. The van der Waals surface area contributed by atoms with Gasteiger partial charge in [-0.05, 0) is 61.9 Å². The highest BCUT2D eigenvalue weighted by Crippen LogP contribution is 2.48. The summed E-state index contributed by atoms with van der Waals surface area (Å²) in [5.74, 6) is 0.113. The summed E-state index contributed by atoms with van der Waals surface area (Å²) in [5, 5.41) is 4.03. The first-order chi connectivity index (χ1) is 14.5. The van der Waals surface area contributed by atoms with Gasteiger partial charge in [0, 0.05) is 34.0 Å². The molecule has 0 saturated carbocycles. The van der Waals surface area contributed by atoms with Crippen LogP contribution in [0.25, 0.3) is 12.2 Å². The normalized spacial score (nSPS) is 18.5. The average molecular weight is 466 g/mol. The summed E-state index contributed by atoms with van der Waals surface area (Å²) in [5.41, 5.74) is 1.59. The number of hydrogen-bond acceptors (Lipinski definition) is 7. The summed E-state index contributed by atoms with van der Waals surface area (Å²) >= 11 is 3.25. The van der Waals surface area contributed by atoms with Crippen LogP contribution in [0, 0.1) is 0 Å². The van der Waals surface area contributed by atoms with E-state index >= 15 is 0 Å². The molecule has 0 spiro atoms. The molecule has 30 heavy (non-hydrogen) atoms. The first-order valence-corrected chi connectivity index (χ1v) is 13.6. The van der Waals surface area contributed by atoms with Crippen LogP contribution in [0.2, 0.25) is 0 Å². The van der Waals surface area contributed by atoms with E-state index in [9.17, 15) is 9.36 Å². The lowest BCUT2D eigenvalue weighted by atomic mass is 9.96. The van der Waals surface area contributed by atoms with Gasteiger partial charge in [0.2, 0.25) is 0 Å². The van der Waals surface area contributed by atoms with Crippen molar-refractivity contribution in [2.45, 2.75) is 20.3 Å². The number of carbonyl (C=O) groups excluding carboxylic acids is 1. The molecule has 0 bridgehead atoms. The summed E-state index contributed by atoms with van der Waals surface area (Å²) in [6.07, 6.45) is 5.05. The van der Waals surface area contributed by atoms with Gasteiger partial charge in [-0.15, -0.1) is 22.7 Å². The Morgan fingerprint density at radius 3 is 1.97 bits per heavy atom. The number of ketones is 1. The zero-order valence-corrected chi connectivity index (χ0v) is 19.9. The van der Waals surface area contributed by atoms with Crippen molar-refractivity contribution in [3.8, 4) is 0 Å². The van der Waals surface area contributed by atoms with E-state index in [0.717, 1.165) is 27.4 Å². The predicted molar refractivity (Wildman–Crippen MR) is 126 cm³/mol. The van der Waals surface area contributed by atoms with E-state index in [1.807, 2.05) is 61.0 Å². The highest BCUT2D eigenvalue weighted by Gasteiger charge is 2.28. The van der Waals surface area contributed by atoms with Crippen LogP contribution < -0.4 is 0 Å². The van der Waals surface area contributed by atoms with Crippen LogP contribution in [0.5, 0.6) is 0 Å². The van der Waals surface area contributed by atoms with Crippen molar-refractivity contribution in [3.05, 3.63) is 55.9 Å². The van der Waals surface area contributed by atoms with Crippen molar-refractivity contribution in [3.63, 3.8) is 0 Å². The Morgan fingerprint density at radius 1 is 1.00 bits per heavy atom. The fraction of sp³-hybridized carbons (Fsp3) is 0.409. The molecule has 0 unspecified atom stereocenters. The minimum absolute atomic E-state index is 0.113. The topological polar surface area (TPSA) is 55.8 Å². The highest BCUT2D eigenvalue weighted by atomic mass is 32.1. The highest BCUT2D eigenvalue weighted by molar-refractivity contribution is 7.53. The molecule has 8 heteroatoms. The van der Waals surface area contributed by atoms with Crippen molar-refractivity contribution in [1.29, 1.82) is 0 Å². The Bertz CT molecular complexity index is 853. The molecule has 2 aromatic heterocycles. The van der Waals surface area contributed by atoms with Gasteiger partial charge in [0.25, 0.3) is 0 Å². The maximum absolute atomic E-state index is 13.1. The van der Waals surface area contributed by atoms with Crippen LogP contribution in [0.4, 0.5) is 0 Å². The van der Waals surface area contributed by atoms with Crippen molar-refractivity contribution in [2.75, 3.05) is 39.0 Å². The van der Waals surface area contributed by atoms with Gasteiger partial charge in [0.05, 0.1) is 19.4 Å².